The van der Waals surface area contributed by atoms with E-state index in [0.29, 0.717) is 23.9 Å². The molecule has 0 fully saturated rings. The van der Waals surface area contributed by atoms with Crippen molar-refractivity contribution in [3.05, 3.63) is 82.9 Å². The van der Waals surface area contributed by atoms with E-state index in [1.807, 2.05) is 59.5 Å². The minimum Gasteiger partial charge on any atom is -0.489 e. The molecule has 7 heteroatoms. The fraction of sp³-hybridized carbons (Fsp3) is 0.0952. The molecule has 0 aliphatic carbocycles. The number of nitrogens with zero attached hydrogens (tertiary/aromatic N) is 1. The van der Waals surface area contributed by atoms with Gasteiger partial charge < -0.3 is 15.0 Å². The van der Waals surface area contributed by atoms with Crippen molar-refractivity contribution in [3.63, 3.8) is 0 Å². The molecule has 0 radical (unpaired) electrons. The summed E-state index contributed by atoms with van der Waals surface area (Å²) in [4.78, 5) is 13.7. The summed E-state index contributed by atoms with van der Waals surface area (Å²) in [5, 5.41) is 12.8. The van der Waals surface area contributed by atoms with Crippen LogP contribution in [0.2, 0.25) is 5.02 Å². The van der Waals surface area contributed by atoms with E-state index in [1.54, 1.807) is 17.6 Å². The Morgan fingerprint density at radius 1 is 1.11 bits per heavy atom. The smallest absolute Gasteiger partial charge is 0.274 e. The molecule has 0 unspecified atom stereocenters. The summed E-state index contributed by atoms with van der Waals surface area (Å²) >= 11 is 5.89. The van der Waals surface area contributed by atoms with Gasteiger partial charge in [-0.15, -0.1) is 0 Å². The lowest BCUT2D eigenvalue weighted by Gasteiger charge is -2.19. The van der Waals surface area contributed by atoms with Gasteiger partial charge in [0.2, 0.25) is 0 Å². The highest BCUT2D eigenvalue weighted by atomic mass is 35.5. The van der Waals surface area contributed by atoms with Crippen LogP contribution in [0.5, 0.6) is 5.75 Å². The Labute approximate surface area is 167 Å². The Balaban J connectivity index is 1.48. The van der Waals surface area contributed by atoms with Gasteiger partial charge in [0.25, 0.3) is 5.91 Å². The molecule has 0 saturated heterocycles. The molecule has 0 bridgehead atoms. The van der Waals surface area contributed by atoms with E-state index in [-0.39, 0.29) is 0 Å². The maximum absolute atomic E-state index is 11.7. The Morgan fingerprint density at radius 3 is 2.57 bits per heavy atom. The van der Waals surface area contributed by atoms with E-state index in [2.05, 4.69) is 5.32 Å². The number of amides is 1. The molecular weight excluding hydrogens is 378 g/mol. The summed E-state index contributed by atoms with van der Waals surface area (Å²) < 4.78 is 5.83. The number of hydrogen-bond donors (Lipinski definition) is 3. The number of nitrogens with one attached hydrogen (secondary N) is 2. The van der Waals surface area contributed by atoms with Gasteiger partial charge in [0.15, 0.2) is 0 Å². The van der Waals surface area contributed by atoms with Crippen molar-refractivity contribution in [2.45, 2.75) is 6.61 Å². The predicted octanol–water partition coefficient (Wildman–Crippen LogP) is 4.56. The third-order valence-electron chi connectivity index (χ3n) is 4.55. The van der Waals surface area contributed by atoms with Gasteiger partial charge in [0, 0.05) is 16.3 Å². The molecule has 3 N–H and O–H groups in total. The number of carbonyl (C=O) groups is 1. The lowest BCUT2D eigenvalue weighted by atomic mass is 10.1. The van der Waals surface area contributed by atoms with Gasteiger partial charge in [-0.05, 0) is 60.2 Å². The zero-order valence-electron chi connectivity index (χ0n) is 14.9. The van der Waals surface area contributed by atoms with E-state index in [4.69, 9.17) is 21.5 Å². The average molecular weight is 396 g/mol. The number of ether oxygens (including phenoxy) is 1. The largest absolute Gasteiger partial charge is 0.489 e. The summed E-state index contributed by atoms with van der Waals surface area (Å²) in [7, 11) is 0. The first-order valence-electron chi connectivity index (χ1n) is 8.71. The second kappa shape index (κ2) is 7.80. The van der Waals surface area contributed by atoms with Crippen LogP contribution in [0.4, 0.5) is 17.1 Å². The van der Waals surface area contributed by atoms with E-state index >= 15 is 0 Å². The van der Waals surface area contributed by atoms with Crippen LogP contribution in [-0.2, 0) is 6.61 Å². The van der Waals surface area contributed by atoms with Crippen LogP contribution in [0.1, 0.15) is 15.9 Å². The van der Waals surface area contributed by atoms with Gasteiger partial charge in [-0.2, -0.15) is 0 Å². The molecular formula is C21H18ClN3O3. The third-order valence-corrected chi connectivity index (χ3v) is 4.80. The van der Waals surface area contributed by atoms with Crippen molar-refractivity contribution in [2.75, 3.05) is 16.9 Å². The first kappa shape index (κ1) is 18.2. The van der Waals surface area contributed by atoms with Crippen LogP contribution in [0.3, 0.4) is 0 Å². The van der Waals surface area contributed by atoms with Crippen LogP contribution < -0.4 is 20.4 Å². The summed E-state index contributed by atoms with van der Waals surface area (Å²) in [5.41, 5.74) is 5.86. The zero-order valence-corrected chi connectivity index (χ0v) is 15.6. The summed E-state index contributed by atoms with van der Waals surface area (Å²) in [6.07, 6.45) is 0. The van der Waals surface area contributed by atoms with Crippen molar-refractivity contribution >= 4 is 34.6 Å². The second-order valence-corrected chi connectivity index (χ2v) is 6.78. The van der Waals surface area contributed by atoms with E-state index < -0.39 is 5.91 Å². The monoisotopic (exact) mass is 395 g/mol. The quantitative estimate of drug-likeness (QED) is 0.436. The molecule has 3 aromatic rings. The van der Waals surface area contributed by atoms with E-state index in [1.165, 1.54) is 0 Å². The van der Waals surface area contributed by atoms with Crippen molar-refractivity contribution < 1.29 is 14.7 Å². The van der Waals surface area contributed by atoms with Crippen LogP contribution in [0.25, 0.3) is 0 Å². The lowest BCUT2D eigenvalue weighted by molar-refractivity contribution is 0.0706. The molecule has 0 atom stereocenters. The highest BCUT2D eigenvalue weighted by molar-refractivity contribution is 6.30. The van der Waals surface area contributed by atoms with Crippen molar-refractivity contribution in [1.29, 1.82) is 0 Å². The third kappa shape index (κ3) is 3.74. The van der Waals surface area contributed by atoms with Crippen molar-refractivity contribution in [2.24, 2.45) is 0 Å². The van der Waals surface area contributed by atoms with Gasteiger partial charge in [-0.3, -0.25) is 10.0 Å². The Kier molecular flexibility index (Phi) is 5.06. The zero-order chi connectivity index (χ0) is 19.5. The minimum atomic E-state index is -0.541. The second-order valence-electron chi connectivity index (χ2n) is 6.34. The molecule has 4 rings (SSSR count). The Bertz CT molecular complexity index is 991. The molecule has 6 nitrogen and oxygen atoms in total. The Hall–Kier alpha value is -3.22. The summed E-state index contributed by atoms with van der Waals surface area (Å²) in [6.45, 7) is 1.05. The molecule has 0 spiro atoms. The molecule has 3 aromatic carbocycles. The Morgan fingerprint density at radius 2 is 1.86 bits per heavy atom. The maximum atomic E-state index is 11.7. The van der Waals surface area contributed by atoms with Gasteiger partial charge in [-0.1, -0.05) is 23.7 Å². The fourth-order valence-electron chi connectivity index (χ4n) is 3.06. The van der Waals surface area contributed by atoms with Crippen LogP contribution in [0.15, 0.2) is 66.7 Å². The van der Waals surface area contributed by atoms with Crippen LogP contribution in [0, 0.1) is 0 Å². The number of rotatable bonds is 5. The molecule has 1 amide bonds. The lowest BCUT2D eigenvalue weighted by Crippen LogP contribution is -2.19. The summed E-state index contributed by atoms with van der Waals surface area (Å²) in [5.74, 6) is 0.222. The number of hydrogen-bond acceptors (Lipinski definition) is 5. The predicted molar refractivity (Wildman–Crippen MR) is 109 cm³/mol. The maximum Gasteiger partial charge on any atom is 0.274 e. The molecule has 1 aliphatic heterocycles. The van der Waals surface area contributed by atoms with Gasteiger partial charge in [-0.25, -0.2) is 5.48 Å². The molecule has 142 valence electrons. The fourth-order valence-corrected chi connectivity index (χ4v) is 3.19. The highest BCUT2D eigenvalue weighted by Gasteiger charge is 2.21. The van der Waals surface area contributed by atoms with E-state index in [0.717, 1.165) is 28.4 Å². The van der Waals surface area contributed by atoms with Crippen LogP contribution in [-0.4, -0.2) is 17.8 Å². The molecule has 1 heterocycles. The number of benzene rings is 3. The first-order valence-corrected chi connectivity index (χ1v) is 9.09. The molecule has 0 saturated carbocycles. The minimum absolute atomic E-state index is 0.387. The topological polar surface area (TPSA) is 73.8 Å². The van der Waals surface area contributed by atoms with Crippen molar-refractivity contribution in [3.8, 4) is 5.75 Å². The number of carbonyl (C=O) groups excluding carboxylic acids is 1. The number of halogens is 1. The van der Waals surface area contributed by atoms with Gasteiger partial charge in [0.1, 0.15) is 12.4 Å². The normalized spacial score (nSPS) is 12.3. The number of hydroxylamine groups is 1. The molecule has 0 aromatic heterocycles. The van der Waals surface area contributed by atoms with E-state index in [9.17, 15) is 4.79 Å². The number of fused-ring (bicyclic) bond motifs is 1. The SMILES string of the molecule is O=C(NO)c1ccc2c(c1)N(c1ccc(OCc3ccc(Cl)cc3)cc1)CN2. The van der Waals surface area contributed by atoms with Crippen molar-refractivity contribution in [1.82, 2.24) is 5.48 Å². The standard InChI is InChI=1S/C21H18ClN3O3/c22-16-4-1-14(2-5-16)12-28-18-8-6-17(7-9-18)25-13-23-19-10-3-15(11-20(19)25)21(26)24-27/h1-11,23,27H,12-13H2,(H,24,26). The number of anilines is 3. The first-order chi connectivity index (χ1) is 13.6. The molecule has 1 aliphatic rings. The molecule has 28 heavy (non-hydrogen) atoms. The van der Waals surface area contributed by atoms with Gasteiger partial charge in [0.05, 0.1) is 18.0 Å². The van der Waals surface area contributed by atoms with Crippen LogP contribution >= 0.6 is 11.6 Å². The highest BCUT2D eigenvalue weighted by Crippen LogP contribution is 2.38. The average Bonchev–Trinajstić information content (AvgIpc) is 3.16. The van der Waals surface area contributed by atoms with Gasteiger partial charge >= 0.3 is 0 Å². The summed E-state index contributed by atoms with van der Waals surface area (Å²) in [6, 6.07) is 20.5.